The Bertz CT molecular complexity index is 614. The van der Waals surface area contributed by atoms with Crippen molar-refractivity contribution in [2.75, 3.05) is 31.1 Å². The van der Waals surface area contributed by atoms with Gasteiger partial charge in [-0.3, -0.25) is 9.59 Å². The smallest absolute Gasteiger partial charge is 0.252 e. The second kappa shape index (κ2) is 8.69. The second-order valence-electron chi connectivity index (χ2n) is 6.38. The van der Waals surface area contributed by atoms with Crippen LogP contribution in [0.15, 0.2) is 18.3 Å². The molecule has 25 heavy (non-hydrogen) atoms. The van der Waals surface area contributed by atoms with Gasteiger partial charge >= 0.3 is 0 Å². The monoisotopic (exact) mass is 389 g/mol. The number of rotatable bonds is 3. The van der Waals surface area contributed by atoms with Gasteiger partial charge in [0.15, 0.2) is 0 Å². The van der Waals surface area contributed by atoms with Crippen molar-refractivity contribution in [2.45, 2.75) is 31.2 Å². The SMILES string of the molecule is Cl.Cl.NC(=O)c1cccnc1N1CCN(C(=O)C2(N)CCCC2)CC1. The average Bonchev–Trinajstić information content (AvgIpc) is 3.02. The number of hydrogen-bond donors (Lipinski definition) is 2. The van der Waals surface area contributed by atoms with Gasteiger partial charge in [0.05, 0.1) is 11.1 Å². The molecule has 1 aliphatic heterocycles. The van der Waals surface area contributed by atoms with Crippen molar-refractivity contribution in [3.8, 4) is 0 Å². The van der Waals surface area contributed by atoms with Gasteiger partial charge in [-0.15, -0.1) is 24.8 Å². The minimum Gasteiger partial charge on any atom is -0.365 e. The molecule has 2 amide bonds. The van der Waals surface area contributed by atoms with E-state index in [1.807, 2.05) is 9.80 Å². The van der Waals surface area contributed by atoms with Crippen LogP contribution in [0.25, 0.3) is 0 Å². The zero-order valence-electron chi connectivity index (χ0n) is 14.0. The lowest BCUT2D eigenvalue weighted by atomic mass is 9.97. The van der Waals surface area contributed by atoms with E-state index in [4.69, 9.17) is 11.5 Å². The molecule has 1 aromatic heterocycles. The molecular formula is C16H25Cl2N5O2. The van der Waals surface area contributed by atoms with Gasteiger partial charge in [-0.05, 0) is 25.0 Å². The van der Waals surface area contributed by atoms with E-state index in [-0.39, 0.29) is 30.7 Å². The molecule has 0 bridgehead atoms. The number of hydrogen-bond acceptors (Lipinski definition) is 5. The van der Waals surface area contributed by atoms with Crippen LogP contribution in [0, 0.1) is 0 Å². The van der Waals surface area contributed by atoms with E-state index in [2.05, 4.69) is 4.98 Å². The van der Waals surface area contributed by atoms with Crippen LogP contribution >= 0.6 is 24.8 Å². The minimum atomic E-state index is -0.675. The summed E-state index contributed by atoms with van der Waals surface area (Å²) in [5.74, 6) is 0.166. The summed E-state index contributed by atoms with van der Waals surface area (Å²) in [5, 5.41) is 0. The van der Waals surface area contributed by atoms with Gasteiger partial charge in [-0.1, -0.05) is 12.8 Å². The van der Waals surface area contributed by atoms with E-state index in [9.17, 15) is 9.59 Å². The molecule has 4 N–H and O–H groups in total. The van der Waals surface area contributed by atoms with E-state index in [1.54, 1.807) is 18.3 Å². The van der Waals surface area contributed by atoms with E-state index < -0.39 is 11.4 Å². The summed E-state index contributed by atoms with van der Waals surface area (Å²) >= 11 is 0. The van der Waals surface area contributed by atoms with Crippen molar-refractivity contribution in [1.29, 1.82) is 0 Å². The Kier molecular flexibility index (Phi) is 7.46. The lowest BCUT2D eigenvalue weighted by Crippen LogP contribution is -2.58. The van der Waals surface area contributed by atoms with Crippen molar-refractivity contribution in [2.24, 2.45) is 11.5 Å². The van der Waals surface area contributed by atoms with Crippen LogP contribution in [0.1, 0.15) is 36.0 Å². The lowest BCUT2D eigenvalue weighted by Gasteiger charge is -2.39. The summed E-state index contributed by atoms with van der Waals surface area (Å²) in [6, 6.07) is 3.37. The summed E-state index contributed by atoms with van der Waals surface area (Å²) in [5.41, 5.74) is 11.4. The van der Waals surface area contributed by atoms with E-state index in [0.29, 0.717) is 37.6 Å². The molecule has 2 fully saturated rings. The molecule has 9 heteroatoms. The first kappa shape index (κ1) is 21.5. The zero-order chi connectivity index (χ0) is 16.4. The summed E-state index contributed by atoms with van der Waals surface area (Å²) in [4.78, 5) is 32.3. The highest BCUT2D eigenvalue weighted by Gasteiger charge is 2.40. The highest BCUT2D eigenvalue weighted by molar-refractivity contribution is 5.97. The number of carbonyl (C=O) groups excluding carboxylic acids is 2. The Morgan fingerprint density at radius 3 is 2.24 bits per heavy atom. The minimum absolute atomic E-state index is 0. The standard InChI is InChI=1S/C16H23N5O2.2ClH/c17-13(22)12-4-3-7-19-14(12)20-8-10-21(11-9-20)15(23)16(18)5-1-2-6-16;;/h3-4,7H,1-2,5-6,8-11,18H2,(H2,17,22);2*1H. The molecule has 1 aromatic rings. The first-order chi connectivity index (χ1) is 11.0. The normalized spacial score (nSPS) is 18.9. The lowest BCUT2D eigenvalue weighted by molar-refractivity contribution is -0.137. The molecule has 2 heterocycles. The Morgan fingerprint density at radius 2 is 1.68 bits per heavy atom. The molecule has 2 aliphatic rings. The molecule has 1 saturated heterocycles. The number of carbonyl (C=O) groups is 2. The molecule has 7 nitrogen and oxygen atoms in total. The summed E-state index contributed by atoms with van der Waals surface area (Å²) in [6.07, 6.45) is 5.25. The van der Waals surface area contributed by atoms with Gasteiger partial charge < -0.3 is 21.3 Å². The Labute approximate surface area is 159 Å². The third-order valence-corrected chi connectivity index (χ3v) is 4.84. The highest BCUT2D eigenvalue weighted by atomic mass is 35.5. The second-order valence-corrected chi connectivity index (χ2v) is 6.38. The van der Waals surface area contributed by atoms with Crippen molar-refractivity contribution >= 4 is 42.4 Å². The zero-order valence-corrected chi connectivity index (χ0v) is 15.7. The molecule has 140 valence electrons. The number of primary amides is 1. The summed E-state index contributed by atoms with van der Waals surface area (Å²) in [7, 11) is 0. The first-order valence-electron chi connectivity index (χ1n) is 8.09. The van der Waals surface area contributed by atoms with Crippen LogP contribution in [0.3, 0.4) is 0 Å². The number of nitrogens with two attached hydrogens (primary N) is 2. The molecule has 0 unspecified atom stereocenters. The maximum absolute atomic E-state index is 12.6. The van der Waals surface area contributed by atoms with Gasteiger partial charge in [0, 0.05) is 32.4 Å². The number of nitrogens with zero attached hydrogens (tertiary/aromatic N) is 3. The van der Waals surface area contributed by atoms with E-state index in [1.165, 1.54) is 0 Å². The Hall–Kier alpha value is -1.57. The molecule has 0 radical (unpaired) electrons. The third-order valence-electron chi connectivity index (χ3n) is 4.84. The van der Waals surface area contributed by atoms with Gasteiger partial charge in [0.1, 0.15) is 5.82 Å². The fourth-order valence-electron chi connectivity index (χ4n) is 3.50. The fourth-order valence-corrected chi connectivity index (χ4v) is 3.50. The van der Waals surface area contributed by atoms with Crippen molar-refractivity contribution in [3.05, 3.63) is 23.9 Å². The number of halogens is 2. The highest BCUT2D eigenvalue weighted by Crippen LogP contribution is 2.29. The van der Waals surface area contributed by atoms with Crippen molar-refractivity contribution in [1.82, 2.24) is 9.88 Å². The molecule has 0 spiro atoms. The average molecular weight is 390 g/mol. The van der Waals surface area contributed by atoms with Gasteiger partial charge in [0.2, 0.25) is 5.91 Å². The predicted molar refractivity (Wildman–Crippen MR) is 101 cm³/mol. The maximum atomic E-state index is 12.6. The molecule has 1 saturated carbocycles. The van der Waals surface area contributed by atoms with Crippen LogP contribution in [-0.4, -0.2) is 53.4 Å². The molecule has 1 aliphatic carbocycles. The summed E-state index contributed by atoms with van der Waals surface area (Å²) < 4.78 is 0. The number of pyridine rings is 1. The van der Waals surface area contributed by atoms with Crippen LogP contribution in [0.2, 0.25) is 0 Å². The Morgan fingerprint density at radius 1 is 1.08 bits per heavy atom. The number of anilines is 1. The molecular weight excluding hydrogens is 365 g/mol. The fraction of sp³-hybridized carbons (Fsp3) is 0.562. The van der Waals surface area contributed by atoms with Gasteiger partial charge in [-0.25, -0.2) is 4.98 Å². The molecule has 0 aromatic carbocycles. The van der Waals surface area contributed by atoms with Gasteiger partial charge in [-0.2, -0.15) is 0 Å². The largest absolute Gasteiger partial charge is 0.365 e. The maximum Gasteiger partial charge on any atom is 0.252 e. The van der Waals surface area contributed by atoms with Gasteiger partial charge in [0.25, 0.3) is 5.91 Å². The topological polar surface area (TPSA) is 106 Å². The van der Waals surface area contributed by atoms with Crippen LogP contribution < -0.4 is 16.4 Å². The van der Waals surface area contributed by atoms with Crippen molar-refractivity contribution in [3.63, 3.8) is 0 Å². The first-order valence-corrected chi connectivity index (χ1v) is 8.09. The van der Waals surface area contributed by atoms with Crippen molar-refractivity contribution < 1.29 is 9.59 Å². The van der Waals surface area contributed by atoms with Crippen LogP contribution in [0.5, 0.6) is 0 Å². The predicted octanol–water partition coefficient (Wildman–Crippen LogP) is 0.944. The number of aromatic nitrogens is 1. The Balaban J connectivity index is 0.00000156. The van der Waals surface area contributed by atoms with E-state index in [0.717, 1.165) is 25.7 Å². The molecule has 3 rings (SSSR count). The number of amides is 2. The van der Waals surface area contributed by atoms with Crippen LogP contribution in [0.4, 0.5) is 5.82 Å². The third kappa shape index (κ3) is 4.34. The van der Waals surface area contributed by atoms with E-state index >= 15 is 0 Å². The summed E-state index contributed by atoms with van der Waals surface area (Å²) in [6.45, 7) is 2.43. The molecule has 0 atom stereocenters. The number of piperazine rings is 1. The van der Waals surface area contributed by atoms with Crippen LogP contribution in [-0.2, 0) is 4.79 Å². The quantitative estimate of drug-likeness (QED) is 0.799.